The Bertz CT molecular complexity index is 389. The molecular formula is C19H32O. The summed E-state index contributed by atoms with van der Waals surface area (Å²) in [6.45, 7) is 11.7. The van der Waals surface area contributed by atoms with Gasteiger partial charge in [0, 0.05) is 0 Å². The zero-order valence-corrected chi connectivity index (χ0v) is 13.9. The molecule has 0 aromatic heterocycles. The Hall–Kier alpha value is -0.980. The molecule has 20 heavy (non-hydrogen) atoms. The molecule has 0 spiro atoms. The van der Waals surface area contributed by atoms with E-state index in [-0.39, 0.29) is 0 Å². The third-order valence-corrected chi connectivity index (χ3v) is 4.53. The largest absolute Gasteiger partial charge is 0.508 e. The maximum atomic E-state index is 9.82. The molecule has 0 saturated heterocycles. The molecule has 2 atom stereocenters. The van der Waals surface area contributed by atoms with Crippen molar-refractivity contribution in [3.05, 3.63) is 29.8 Å². The fourth-order valence-corrected chi connectivity index (χ4v) is 3.12. The first-order valence-corrected chi connectivity index (χ1v) is 8.11. The van der Waals surface area contributed by atoms with E-state index in [1.807, 2.05) is 18.2 Å². The minimum atomic E-state index is 0.426. The minimum Gasteiger partial charge on any atom is -0.508 e. The Morgan fingerprint density at radius 2 is 1.75 bits per heavy atom. The number of phenols is 1. The fourth-order valence-electron chi connectivity index (χ4n) is 3.12. The quantitative estimate of drug-likeness (QED) is 0.666. The van der Waals surface area contributed by atoms with Gasteiger partial charge in [0.15, 0.2) is 0 Å². The lowest BCUT2D eigenvalue weighted by Gasteiger charge is -2.30. The predicted octanol–water partition coefficient (Wildman–Crippen LogP) is 5.81. The summed E-state index contributed by atoms with van der Waals surface area (Å²) in [7, 11) is 0. The summed E-state index contributed by atoms with van der Waals surface area (Å²) in [6, 6.07) is 7.72. The van der Waals surface area contributed by atoms with Crippen molar-refractivity contribution in [1.29, 1.82) is 0 Å². The van der Waals surface area contributed by atoms with Crippen LogP contribution in [0.4, 0.5) is 0 Å². The Kier molecular flexibility index (Phi) is 6.58. The van der Waals surface area contributed by atoms with Gasteiger partial charge in [-0.2, -0.15) is 0 Å². The fraction of sp³-hybridized carbons (Fsp3) is 0.684. The molecule has 1 aromatic rings. The highest BCUT2D eigenvalue weighted by Gasteiger charge is 2.22. The van der Waals surface area contributed by atoms with Crippen molar-refractivity contribution < 1.29 is 5.11 Å². The average Bonchev–Trinajstić information content (AvgIpc) is 2.36. The van der Waals surface area contributed by atoms with Crippen LogP contribution in [-0.2, 0) is 6.42 Å². The van der Waals surface area contributed by atoms with Crippen LogP contribution >= 0.6 is 0 Å². The predicted molar refractivity (Wildman–Crippen MR) is 88.1 cm³/mol. The third-order valence-electron chi connectivity index (χ3n) is 4.53. The normalized spacial score (nSPS) is 15.1. The molecule has 114 valence electrons. The number of rotatable bonds is 7. The van der Waals surface area contributed by atoms with E-state index in [9.17, 15) is 5.11 Å². The van der Waals surface area contributed by atoms with Crippen LogP contribution in [0, 0.1) is 17.3 Å². The van der Waals surface area contributed by atoms with Gasteiger partial charge >= 0.3 is 0 Å². The Labute approximate surface area is 125 Å². The molecule has 0 aliphatic rings. The number of benzene rings is 1. The van der Waals surface area contributed by atoms with Gasteiger partial charge in [0.05, 0.1) is 0 Å². The molecule has 0 heterocycles. The molecule has 0 saturated carbocycles. The molecule has 2 unspecified atom stereocenters. The van der Waals surface area contributed by atoms with Crippen LogP contribution in [0.15, 0.2) is 24.3 Å². The molecule has 1 heteroatoms. The van der Waals surface area contributed by atoms with E-state index in [0.29, 0.717) is 17.1 Å². The molecule has 1 aromatic carbocycles. The Morgan fingerprint density at radius 1 is 1.10 bits per heavy atom. The highest BCUT2D eigenvalue weighted by atomic mass is 16.3. The summed E-state index contributed by atoms with van der Waals surface area (Å²) in [5.74, 6) is 1.90. The Morgan fingerprint density at radius 3 is 2.30 bits per heavy atom. The van der Waals surface area contributed by atoms with Crippen molar-refractivity contribution >= 4 is 0 Å². The topological polar surface area (TPSA) is 20.2 Å². The monoisotopic (exact) mass is 276 g/mol. The summed E-state index contributed by atoms with van der Waals surface area (Å²) in [4.78, 5) is 0. The van der Waals surface area contributed by atoms with Gasteiger partial charge in [0.25, 0.3) is 0 Å². The molecule has 0 amide bonds. The van der Waals surface area contributed by atoms with Gasteiger partial charge in [0.1, 0.15) is 5.75 Å². The SMILES string of the molecule is CCC(CCCC(C)Cc1ccccc1O)C(C)(C)C. The van der Waals surface area contributed by atoms with E-state index in [1.54, 1.807) is 6.07 Å². The van der Waals surface area contributed by atoms with Gasteiger partial charge in [-0.25, -0.2) is 0 Å². The first-order chi connectivity index (χ1) is 9.34. The van der Waals surface area contributed by atoms with Crippen molar-refractivity contribution in [3.8, 4) is 5.75 Å². The summed E-state index contributed by atoms with van der Waals surface area (Å²) in [5.41, 5.74) is 1.51. The molecule has 0 fully saturated rings. The average molecular weight is 276 g/mol. The highest BCUT2D eigenvalue weighted by Crippen LogP contribution is 2.33. The van der Waals surface area contributed by atoms with Crippen LogP contribution in [0.25, 0.3) is 0 Å². The summed E-state index contributed by atoms with van der Waals surface area (Å²) in [6.07, 6.45) is 6.13. The lowest BCUT2D eigenvalue weighted by molar-refractivity contribution is 0.210. The van der Waals surface area contributed by atoms with E-state index in [0.717, 1.165) is 17.9 Å². The van der Waals surface area contributed by atoms with E-state index in [1.165, 1.54) is 25.7 Å². The number of hydrogen-bond donors (Lipinski definition) is 1. The molecule has 0 aliphatic carbocycles. The number of aromatic hydroxyl groups is 1. The van der Waals surface area contributed by atoms with E-state index >= 15 is 0 Å². The maximum Gasteiger partial charge on any atom is 0.118 e. The summed E-state index contributed by atoms with van der Waals surface area (Å²) in [5, 5.41) is 9.82. The van der Waals surface area contributed by atoms with Gasteiger partial charge in [0.2, 0.25) is 0 Å². The van der Waals surface area contributed by atoms with Crippen LogP contribution < -0.4 is 0 Å². The van der Waals surface area contributed by atoms with E-state index in [4.69, 9.17) is 0 Å². The van der Waals surface area contributed by atoms with Gasteiger partial charge < -0.3 is 5.11 Å². The van der Waals surface area contributed by atoms with Crippen LogP contribution in [0.2, 0.25) is 0 Å². The maximum absolute atomic E-state index is 9.82. The Balaban J connectivity index is 2.37. The standard InChI is InChI=1S/C19H32O/c1-6-17(19(3,4)5)12-9-10-15(2)14-16-11-7-8-13-18(16)20/h7-8,11,13,15,17,20H,6,9-10,12,14H2,1-5H3. The zero-order valence-electron chi connectivity index (χ0n) is 13.9. The smallest absolute Gasteiger partial charge is 0.118 e. The van der Waals surface area contributed by atoms with Crippen LogP contribution in [0.1, 0.15) is 65.9 Å². The highest BCUT2D eigenvalue weighted by molar-refractivity contribution is 5.31. The first-order valence-electron chi connectivity index (χ1n) is 8.11. The van der Waals surface area contributed by atoms with Crippen molar-refractivity contribution in [3.63, 3.8) is 0 Å². The number of phenolic OH excluding ortho intramolecular Hbond substituents is 1. The molecule has 1 nitrogen and oxygen atoms in total. The van der Waals surface area contributed by atoms with Crippen molar-refractivity contribution in [1.82, 2.24) is 0 Å². The molecule has 0 radical (unpaired) electrons. The number of hydrogen-bond acceptors (Lipinski definition) is 1. The molecular weight excluding hydrogens is 244 g/mol. The second-order valence-electron chi connectivity index (χ2n) is 7.34. The summed E-state index contributed by atoms with van der Waals surface area (Å²) < 4.78 is 0. The molecule has 1 rings (SSSR count). The second-order valence-corrected chi connectivity index (χ2v) is 7.34. The number of para-hydroxylation sites is 1. The van der Waals surface area contributed by atoms with Crippen LogP contribution in [0.3, 0.4) is 0 Å². The third kappa shape index (κ3) is 5.56. The first kappa shape index (κ1) is 17.1. The summed E-state index contributed by atoms with van der Waals surface area (Å²) >= 11 is 0. The second kappa shape index (κ2) is 7.71. The van der Waals surface area contributed by atoms with Crippen LogP contribution in [0.5, 0.6) is 5.75 Å². The lowest BCUT2D eigenvalue weighted by Crippen LogP contribution is -2.19. The van der Waals surface area contributed by atoms with E-state index < -0.39 is 0 Å². The van der Waals surface area contributed by atoms with Gasteiger partial charge in [-0.15, -0.1) is 0 Å². The molecule has 0 bridgehead atoms. The van der Waals surface area contributed by atoms with Crippen LogP contribution in [-0.4, -0.2) is 5.11 Å². The van der Waals surface area contributed by atoms with Crippen molar-refractivity contribution in [2.75, 3.05) is 0 Å². The zero-order chi connectivity index (χ0) is 15.2. The van der Waals surface area contributed by atoms with Gasteiger partial charge in [-0.3, -0.25) is 0 Å². The van der Waals surface area contributed by atoms with Gasteiger partial charge in [-0.1, -0.05) is 72.1 Å². The molecule has 1 N–H and O–H groups in total. The van der Waals surface area contributed by atoms with Gasteiger partial charge in [-0.05, 0) is 41.7 Å². The van der Waals surface area contributed by atoms with Crippen molar-refractivity contribution in [2.45, 2.75) is 66.7 Å². The van der Waals surface area contributed by atoms with E-state index in [2.05, 4.69) is 34.6 Å². The lowest BCUT2D eigenvalue weighted by atomic mass is 9.76. The minimum absolute atomic E-state index is 0.426. The van der Waals surface area contributed by atoms with Crippen molar-refractivity contribution in [2.24, 2.45) is 17.3 Å². The molecule has 0 aliphatic heterocycles.